The third-order valence-electron chi connectivity index (χ3n) is 13.0. The van der Waals surface area contributed by atoms with Crippen molar-refractivity contribution in [2.24, 2.45) is 15.9 Å². The molecule has 0 spiro atoms. The molecule has 1 atom stereocenters. The second-order valence-corrected chi connectivity index (χ2v) is 16.7. The Hall–Kier alpha value is -5.62. The molecule has 16 nitrogen and oxygen atoms in total. The molecule has 3 N–H and O–H groups in total. The predicted octanol–water partition coefficient (Wildman–Crippen LogP) is 4.21. The van der Waals surface area contributed by atoms with Gasteiger partial charge in [-0.2, -0.15) is 5.10 Å². The number of ether oxygens (including phenoxy) is 1. The summed E-state index contributed by atoms with van der Waals surface area (Å²) in [5.41, 5.74) is 1.87. The van der Waals surface area contributed by atoms with Gasteiger partial charge in [0.2, 0.25) is 11.8 Å². The van der Waals surface area contributed by atoms with Gasteiger partial charge in [-0.25, -0.2) is 13.8 Å². The third-order valence-corrected chi connectivity index (χ3v) is 13.0. The average molecular weight is 827 g/mol. The second kappa shape index (κ2) is 16.4. The highest BCUT2D eigenvalue weighted by atomic mass is 19.3. The van der Waals surface area contributed by atoms with Crippen LogP contribution in [0.25, 0.3) is 0 Å². The van der Waals surface area contributed by atoms with Gasteiger partial charge in [0.25, 0.3) is 24.1 Å². The number of rotatable bonds is 10. The number of aliphatic imine (C=N–C) groups is 2. The van der Waals surface area contributed by atoms with Crippen LogP contribution in [0.1, 0.15) is 103 Å². The van der Waals surface area contributed by atoms with E-state index < -0.39 is 47.7 Å². The van der Waals surface area contributed by atoms with Crippen LogP contribution in [0.5, 0.6) is 0 Å². The maximum atomic E-state index is 14.2. The van der Waals surface area contributed by atoms with Crippen molar-refractivity contribution in [3.63, 3.8) is 0 Å². The summed E-state index contributed by atoms with van der Waals surface area (Å²) < 4.78 is 35.5. The SMILES string of the molecule is CN(CC1CCC(n2cc(NC(=O)C3=C4N=C(N5CCOCC5)C=C4N=C3)c(C(F)F)n2)CC1)[C@H]1CC[C@H](Nc2cccc3c2C(=O)N(C2CCC(=O)NC2=O)C3=O)CC1. The Morgan fingerprint density at radius 3 is 2.48 bits per heavy atom. The van der Waals surface area contributed by atoms with Crippen molar-refractivity contribution in [1.29, 1.82) is 0 Å². The highest BCUT2D eigenvalue weighted by Gasteiger charge is 2.46. The smallest absolute Gasteiger partial charge is 0.284 e. The van der Waals surface area contributed by atoms with E-state index in [4.69, 9.17) is 4.74 Å². The summed E-state index contributed by atoms with van der Waals surface area (Å²) in [6.07, 6.45) is 9.15. The number of fused-ring (bicyclic) bond motifs is 2. The van der Waals surface area contributed by atoms with Gasteiger partial charge in [-0.05, 0) is 82.9 Å². The van der Waals surface area contributed by atoms with E-state index in [1.165, 1.54) is 12.4 Å². The van der Waals surface area contributed by atoms with E-state index in [0.717, 1.165) is 62.8 Å². The van der Waals surface area contributed by atoms with E-state index in [1.807, 2.05) is 6.08 Å². The molecular formula is C42H48F2N10O6. The molecule has 1 aromatic carbocycles. The van der Waals surface area contributed by atoms with Crippen LogP contribution in [0.2, 0.25) is 0 Å². The summed E-state index contributed by atoms with van der Waals surface area (Å²) in [5.74, 6) is -1.49. The molecule has 2 saturated heterocycles. The number of aromatic nitrogens is 2. The molecule has 4 fully saturated rings. The first-order valence-electron chi connectivity index (χ1n) is 20.9. The molecule has 18 heteroatoms. The number of benzene rings is 1. The molecule has 2 aliphatic carbocycles. The number of amides is 5. The van der Waals surface area contributed by atoms with Crippen molar-refractivity contribution in [3.8, 4) is 0 Å². The zero-order chi connectivity index (χ0) is 41.7. The number of imide groups is 2. The van der Waals surface area contributed by atoms with Gasteiger partial charge in [-0.1, -0.05) is 6.07 Å². The lowest BCUT2D eigenvalue weighted by Crippen LogP contribution is -2.54. The number of nitrogens with one attached hydrogen (secondary N) is 3. The Balaban J connectivity index is 0.760. The zero-order valence-corrected chi connectivity index (χ0v) is 33.4. The minimum Gasteiger partial charge on any atom is -0.382 e. The summed E-state index contributed by atoms with van der Waals surface area (Å²) in [6, 6.07) is 4.55. The number of nitrogens with zero attached hydrogens (tertiary/aromatic N) is 7. The van der Waals surface area contributed by atoms with Crippen LogP contribution in [0.15, 0.2) is 57.4 Å². The van der Waals surface area contributed by atoms with E-state index in [9.17, 15) is 32.8 Å². The van der Waals surface area contributed by atoms with E-state index in [2.05, 4.69) is 47.9 Å². The fraction of sp³-hybridized carbons (Fsp3) is 0.524. The summed E-state index contributed by atoms with van der Waals surface area (Å²) in [5, 5.41) is 12.7. The molecule has 9 rings (SSSR count). The van der Waals surface area contributed by atoms with Gasteiger partial charge in [0, 0.05) is 62.3 Å². The van der Waals surface area contributed by atoms with Crippen molar-refractivity contribution in [1.82, 2.24) is 29.8 Å². The highest BCUT2D eigenvalue weighted by molar-refractivity contribution is 6.25. The lowest BCUT2D eigenvalue weighted by atomic mass is 9.84. The Bertz CT molecular complexity index is 2230. The van der Waals surface area contributed by atoms with Gasteiger partial charge in [-0.15, -0.1) is 0 Å². The van der Waals surface area contributed by atoms with Crippen molar-refractivity contribution < 1.29 is 37.5 Å². The first kappa shape index (κ1) is 39.8. The van der Waals surface area contributed by atoms with Crippen molar-refractivity contribution in [2.45, 2.75) is 94.8 Å². The molecule has 0 radical (unpaired) electrons. The Morgan fingerprint density at radius 2 is 1.75 bits per heavy atom. The van der Waals surface area contributed by atoms with E-state index >= 15 is 0 Å². The van der Waals surface area contributed by atoms with Crippen molar-refractivity contribution in [2.75, 3.05) is 50.5 Å². The number of carbonyl (C=O) groups excluding carboxylic acids is 5. The molecule has 5 amide bonds. The number of hydrogen-bond acceptors (Lipinski definition) is 12. The standard InChI is InChI=1S/C42H48F2N10O6/c1-51(25-11-7-24(8-12-25)46-29-4-2-3-27-35(29)42(59)54(41(27)58)32-13-14-34(55)49-40(32)57)21-23-5-9-26(10-6-23)53-22-31(37(50-53)38(43)44)47-39(56)28-20-45-30-19-33(48-36(28)30)52-15-17-60-18-16-52/h2-4,19-20,22-26,32,38,46H,5-18,21H2,1H3,(H,47,56)(H,49,55,57)/t23?,24-,25-,26?,32?. The Morgan fingerprint density at radius 1 is 0.983 bits per heavy atom. The Labute approximate surface area is 345 Å². The maximum absolute atomic E-state index is 14.2. The number of hydrogen-bond donors (Lipinski definition) is 3. The molecule has 1 unspecified atom stereocenters. The van der Waals surface area contributed by atoms with Crippen LogP contribution in [0.3, 0.4) is 0 Å². The van der Waals surface area contributed by atoms with E-state index in [1.54, 1.807) is 22.9 Å². The van der Waals surface area contributed by atoms with Crippen LogP contribution in [-0.2, 0) is 19.1 Å². The molecule has 2 aromatic rings. The quantitative estimate of drug-likeness (QED) is 0.294. The normalized spacial score (nSPS) is 26.8. The number of carbonyl (C=O) groups is 5. The number of alkyl halides is 2. The number of morpholine rings is 1. The second-order valence-electron chi connectivity index (χ2n) is 16.7. The van der Waals surface area contributed by atoms with Crippen LogP contribution >= 0.6 is 0 Å². The molecule has 5 aliphatic heterocycles. The largest absolute Gasteiger partial charge is 0.382 e. The van der Waals surface area contributed by atoms with E-state index in [0.29, 0.717) is 61.2 Å². The summed E-state index contributed by atoms with van der Waals surface area (Å²) >= 11 is 0. The minimum absolute atomic E-state index is 0.0119. The van der Waals surface area contributed by atoms with Gasteiger partial charge in [0.15, 0.2) is 5.69 Å². The number of anilines is 2. The monoisotopic (exact) mass is 826 g/mol. The summed E-state index contributed by atoms with van der Waals surface area (Å²) in [6.45, 7) is 3.47. The van der Waals surface area contributed by atoms with Crippen LogP contribution in [-0.4, -0.2) is 124 Å². The zero-order valence-electron chi connectivity index (χ0n) is 33.4. The molecular weight excluding hydrogens is 779 g/mol. The third kappa shape index (κ3) is 7.66. The molecule has 316 valence electrons. The van der Waals surface area contributed by atoms with Gasteiger partial charge in [0.05, 0.1) is 47.3 Å². The fourth-order valence-corrected chi connectivity index (χ4v) is 9.71. The lowest BCUT2D eigenvalue weighted by molar-refractivity contribution is -0.136. The van der Waals surface area contributed by atoms with Gasteiger partial charge < -0.3 is 25.2 Å². The van der Waals surface area contributed by atoms with Crippen molar-refractivity contribution in [3.05, 3.63) is 64.3 Å². The molecule has 1 aromatic heterocycles. The molecule has 60 heavy (non-hydrogen) atoms. The fourth-order valence-electron chi connectivity index (χ4n) is 9.71. The lowest BCUT2D eigenvalue weighted by Gasteiger charge is -2.38. The molecule has 7 aliphatic rings. The highest BCUT2D eigenvalue weighted by Crippen LogP contribution is 2.38. The minimum atomic E-state index is -2.87. The Kier molecular flexibility index (Phi) is 10.9. The van der Waals surface area contributed by atoms with Gasteiger partial charge in [-0.3, -0.25) is 43.9 Å². The van der Waals surface area contributed by atoms with Gasteiger partial charge in [0.1, 0.15) is 17.6 Å². The molecule has 2 saturated carbocycles. The first-order chi connectivity index (χ1) is 29.0. The van der Waals surface area contributed by atoms with E-state index in [-0.39, 0.29) is 47.3 Å². The molecule has 0 bridgehead atoms. The average Bonchev–Trinajstić information content (AvgIpc) is 4.02. The van der Waals surface area contributed by atoms with Gasteiger partial charge >= 0.3 is 0 Å². The number of amidine groups is 1. The predicted molar refractivity (Wildman–Crippen MR) is 216 cm³/mol. The van der Waals surface area contributed by atoms with Crippen LogP contribution in [0.4, 0.5) is 20.2 Å². The number of halogens is 2. The maximum Gasteiger partial charge on any atom is 0.284 e. The topological polar surface area (TPSA) is 183 Å². The summed E-state index contributed by atoms with van der Waals surface area (Å²) in [7, 11) is 2.16. The van der Waals surface area contributed by atoms with Crippen LogP contribution in [0, 0.1) is 5.92 Å². The first-order valence-corrected chi connectivity index (χ1v) is 20.9. The van der Waals surface area contributed by atoms with Crippen LogP contribution < -0.4 is 16.0 Å². The van der Waals surface area contributed by atoms with Crippen molar-refractivity contribution >= 4 is 53.0 Å². The molecule has 6 heterocycles. The number of piperidine rings is 1. The summed E-state index contributed by atoms with van der Waals surface area (Å²) in [4.78, 5) is 78.9.